The first kappa shape index (κ1) is 29.7. The molecule has 6 aromatic carbocycles. The van der Waals surface area contributed by atoms with E-state index in [1.54, 1.807) is 12.1 Å². The molecule has 2 aromatic heterocycles. The number of halogens is 1. The number of hydrogen-bond donors (Lipinski definition) is 0. The highest BCUT2D eigenvalue weighted by Gasteiger charge is 2.14. The third kappa shape index (κ3) is 6.48. The first-order chi connectivity index (χ1) is 24.2. The molecule has 6 heteroatoms. The summed E-state index contributed by atoms with van der Waals surface area (Å²) in [4.78, 5) is 24.5. The molecule has 0 fully saturated rings. The average molecular weight is 634 g/mol. The molecule has 5 nitrogen and oxygen atoms in total. The standard InChI is InChI=1S/C43H28FN5/c44-37-24-22-32(23-25-37)40-45-38(29-12-4-1-5-13-29)28-39(46-40)35-20-10-18-33(26-35)34-19-11-21-36(27-34)43-48-41(30-14-6-2-7-15-30)47-42(49-43)31-16-8-3-9-17-31/h1-28H. The Hall–Kier alpha value is -6.66. The van der Waals surface area contributed by atoms with Gasteiger partial charge in [-0.1, -0.05) is 127 Å². The molecule has 0 aliphatic carbocycles. The van der Waals surface area contributed by atoms with Crippen LogP contribution in [0.25, 0.3) is 79.2 Å². The van der Waals surface area contributed by atoms with Gasteiger partial charge >= 0.3 is 0 Å². The zero-order chi connectivity index (χ0) is 33.0. The van der Waals surface area contributed by atoms with Crippen molar-refractivity contribution in [2.24, 2.45) is 0 Å². The topological polar surface area (TPSA) is 64.5 Å². The molecule has 0 aliphatic heterocycles. The van der Waals surface area contributed by atoms with Gasteiger partial charge in [0.1, 0.15) is 5.82 Å². The maximum absolute atomic E-state index is 13.8. The van der Waals surface area contributed by atoms with E-state index < -0.39 is 0 Å². The van der Waals surface area contributed by atoms with Gasteiger partial charge in [0.15, 0.2) is 23.3 Å². The normalized spacial score (nSPS) is 11.0. The molecule has 0 radical (unpaired) electrons. The lowest BCUT2D eigenvalue weighted by Crippen LogP contribution is -2.00. The lowest BCUT2D eigenvalue weighted by Gasteiger charge is -2.11. The minimum absolute atomic E-state index is 0.303. The van der Waals surface area contributed by atoms with E-state index in [9.17, 15) is 4.39 Å². The second-order valence-corrected chi connectivity index (χ2v) is 11.5. The van der Waals surface area contributed by atoms with Gasteiger partial charge in [0.2, 0.25) is 0 Å². The van der Waals surface area contributed by atoms with Gasteiger partial charge in [-0.3, -0.25) is 0 Å². The van der Waals surface area contributed by atoms with E-state index in [4.69, 9.17) is 24.9 Å². The molecule has 0 saturated carbocycles. The molecule has 8 rings (SSSR count). The summed E-state index contributed by atoms with van der Waals surface area (Å²) in [6, 6.07) is 54.7. The number of hydrogen-bond acceptors (Lipinski definition) is 5. The SMILES string of the molecule is Fc1ccc(-c2nc(-c3ccccc3)cc(-c3cccc(-c4cccc(-c5nc(-c6ccccc6)nc(-c6ccccc6)n5)c4)c3)n2)cc1. The van der Waals surface area contributed by atoms with Crippen molar-refractivity contribution in [1.29, 1.82) is 0 Å². The van der Waals surface area contributed by atoms with Crippen LogP contribution in [0, 0.1) is 5.82 Å². The van der Waals surface area contributed by atoms with Crippen molar-refractivity contribution in [1.82, 2.24) is 24.9 Å². The number of nitrogens with zero attached hydrogens (tertiary/aromatic N) is 5. The van der Waals surface area contributed by atoms with Crippen LogP contribution in [-0.2, 0) is 0 Å². The summed E-state index contributed by atoms with van der Waals surface area (Å²) in [6.07, 6.45) is 0. The Morgan fingerprint density at radius 1 is 0.265 bits per heavy atom. The van der Waals surface area contributed by atoms with Gasteiger partial charge in [-0.25, -0.2) is 29.3 Å². The van der Waals surface area contributed by atoms with E-state index in [-0.39, 0.29) is 5.82 Å². The molecule has 0 saturated heterocycles. The molecule has 49 heavy (non-hydrogen) atoms. The Morgan fingerprint density at radius 2 is 0.633 bits per heavy atom. The minimum atomic E-state index is -0.303. The van der Waals surface area contributed by atoms with Crippen molar-refractivity contribution in [2.45, 2.75) is 0 Å². The third-order valence-electron chi connectivity index (χ3n) is 8.21. The summed E-state index contributed by atoms with van der Waals surface area (Å²) in [5.74, 6) is 2.06. The van der Waals surface area contributed by atoms with E-state index in [2.05, 4.69) is 24.3 Å². The first-order valence-corrected chi connectivity index (χ1v) is 15.9. The van der Waals surface area contributed by atoms with Gasteiger partial charge in [0, 0.05) is 33.4 Å². The lowest BCUT2D eigenvalue weighted by atomic mass is 9.99. The highest BCUT2D eigenvalue weighted by atomic mass is 19.1. The molecule has 0 amide bonds. The third-order valence-corrected chi connectivity index (χ3v) is 8.21. The second kappa shape index (κ2) is 13.2. The Balaban J connectivity index is 1.20. The maximum Gasteiger partial charge on any atom is 0.164 e. The van der Waals surface area contributed by atoms with Crippen LogP contribution in [0.5, 0.6) is 0 Å². The van der Waals surface area contributed by atoms with Crippen molar-refractivity contribution in [2.75, 3.05) is 0 Å². The zero-order valence-electron chi connectivity index (χ0n) is 26.3. The van der Waals surface area contributed by atoms with Crippen LogP contribution in [0.3, 0.4) is 0 Å². The minimum Gasteiger partial charge on any atom is -0.228 e. The molecule has 8 aromatic rings. The monoisotopic (exact) mass is 633 g/mol. The molecular weight excluding hydrogens is 606 g/mol. The maximum atomic E-state index is 13.8. The molecular formula is C43H28FN5. The van der Waals surface area contributed by atoms with Crippen LogP contribution in [0.4, 0.5) is 4.39 Å². The predicted octanol–water partition coefficient (Wildman–Crippen LogP) is 10.5. The largest absolute Gasteiger partial charge is 0.228 e. The Bertz CT molecular complexity index is 2320. The van der Waals surface area contributed by atoms with Crippen molar-refractivity contribution >= 4 is 0 Å². The fourth-order valence-corrected chi connectivity index (χ4v) is 5.71. The quantitative estimate of drug-likeness (QED) is 0.175. The molecule has 232 valence electrons. The number of benzene rings is 6. The highest BCUT2D eigenvalue weighted by Crippen LogP contribution is 2.32. The zero-order valence-corrected chi connectivity index (χ0v) is 26.3. The van der Waals surface area contributed by atoms with E-state index in [1.165, 1.54) is 12.1 Å². The summed E-state index contributed by atoms with van der Waals surface area (Å²) in [5, 5.41) is 0. The van der Waals surface area contributed by atoms with Gasteiger partial charge in [0.25, 0.3) is 0 Å². The molecule has 2 heterocycles. The van der Waals surface area contributed by atoms with E-state index >= 15 is 0 Å². The number of aromatic nitrogens is 5. The summed E-state index contributed by atoms with van der Waals surface area (Å²) in [7, 11) is 0. The van der Waals surface area contributed by atoms with Crippen LogP contribution < -0.4 is 0 Å². The fourth-order valence-electron chi connectivity index (χ4n) is 5.71. The van der Waals surface area contributed by atoms with E-state index in [0.29, 0.717) is 23.3 Å². The smallest absolute Gasteiger partial charge is 0.164 e. The second-order valence-electron chi connectivity index (χ2n) is 11.5. The van der Waals surface area contributed by atoms with Crippen molar-refractivity contribution in [3.05, 3.63) is 176 Å². The van der Waals surface area contributed by atoms with Gasteiger partial charge in [-0.15, -0.1) is 0 Å². The molecule has 0 atom stereocenters. The molecule has 0 bridgehead atoms. The highest BCUT2D eigenvalue weighted by molar-refractivity contribution is 5.78. The van der Waals surface area contributed by atoms with Crippen LogP contribution in [0.2, 0.25) is 0 Å². The van der Waals surface area contributed by atoms with Crippen LogP contribution >= 0.6 is 0 Å². The van der Waals surface area contributed by atoms with Crippen molar-refractivity contribution < 1.29 is 4.39 Å². The summed E-state index contributed by atoms with van der Waals surface area (Å²) >= 11 is 0. The summed E-state index contributed by atoms with van der Waals surface area (Å²) in [6.45, 7) is 0. The fraction of sp³-hybridized carbons (Fsp3) is 0. The molecule has 0 unspecified atom stereocenters. The lowest BCUT2D eigenvalue weighted by molar-refractivity contribution is 0.628. The molecule has 0 spiro atoms. The average Bonchev–Trinajstić information content (AvgIpc) is 3.19. The summed E-state index contributed by atoms with van der Waals surface area (Å²) < 4.78 is 13.8. The molecule has 0 N–H and O–H groups in total. The predicted molar refractivity (Wildman–Crippen MR) is 193 cm³/mol. The molecule has 0 aliphatic rings. The Labute approximate surface area is 283 Å². The van der Waals surface area contributed by atoms with E-state index in [1.807, 2.05) is 121 Å². The van der Waals surface area contributed by atoms with Gasteiger partial charge in [-0.05, 0) is 53.6 Å². The van der Waals surface area contributed by atoms with Crippen molar-refractivity contribution in [3.8, 4) is 79.2 Å². The van der Waals surface area contributed by atoms with Crippen molar-refractivity contribution in [3.63, 3.8) is 0 Å². The van der Waals surface area contributed by atoms with Gasteiger partial charge in [0.05, 0.1) is 11.4 Å². The summed E-state index contributed by atoms with van der Waals surface area (Å²) in [5.41, 5.74) is 8.96. The van der Waals surface area contributed by atoms with Gasteiger partial charge < -0.3 is 0 Å². The Morgan fingerprint density at radius 3 is 1.18 bits per heavy atom. The van der Waals surface area contributed by atoms with Crippen LogP contribution in [0.15, 0.2) is 170 Å². The van der Waals surface area contributed by atoms with Crippen LogP contribution in [0.1, 0.15) is 0 Å². The Kier molecular flexibility index (Phi) is 8.02. The van der Waals surface area contributed by atoms with Gasteiger partial charge in [-0.2, -0.15) is 0 Å². The first-order valence-electron chi connectivity index (χ1n) is 15.9. The van der Waals surface area contributed by atoms with E-state index in [0.717, 1.165) is 55.9 Å². The van der Waals surface area contributed by atoms with Crippen LogP contribution in [-0.4, -0.2) is 24.9 Å². The number of rotatable bonds is 7.